The van der Waals surface area contributed by atoms with Crippen molar-refractivity contribution in [1.29, 1.82) is 0 Å². The number of fused-ring (bicyclic) bond motifs is 1. The number of nitrogens with two attached hydrogens (primary N) is 1. The van der Waals surface area contributed by atoms with Crippen LogP contribution in [0.4, 0.5) is 26.2 Å². The molecule has 11 heteroatoms. The molecule has 27 heavy (non-hydrogen) atoms. The van der Waals surface area contributed by atoms with Crippen LogP contribution in [0.2, 0.25) is 5.02 Å². The predicted molar refractivity (Wildman–Crippen MR) is 105 cm³/mol. The van der Waals surface area contributed by atoms with Gasteiger partial charge in [0.15, 0.2) is 11.6 Å². The number of nitrogen functional groups attached to an aromatic ring is 1. The molecule has 0 radical (unpaired) electrons. The third-order valence-electron chi connectivity index (χ3n) is 3.49. The summed E-state index contributed by atoms with van der Waals surface area (Å²) in [5, 5.41) is 3.38. The van der Waals surface area contributed by atoms with Gasteiger partial charge in [-0.1, -0.05) is 17.7 Å². The Morgan fingerprint density at radius 1 is 1.11 bits per heavy atom. The van der Waals surface area contributed by atoms with Crippen molar-refractivity contribution in [3.05, 3.63) is 53.4 Å². The van der Waals surface area contributed by atoms with E-state index in [4.69, 9.17) is 17.3 Å². The molecule has 0 saturated heterocycles. The minimum atomic E-state index is -0.622. The first-order chi connectivity index (χ1) is 12.5. The van der Waals surface area contributed by atoms with Crippen LogP contribution >= 0.6 is 35.3 Å². The number of nitrogens with zero attached hydrogens (tertiary/aromatic N) is 4. The molecular formula is C16H10Cl2F2N6S. The topological polar surface area (TPSA) is 89.6 Å². The monoisotopic (exact) mass is 426 g/mol. The predicted octanol–water partition coefficient (Wildman–Crippen LogP) is 4.83. The number of aromatic nitrogens is 4. The summed E-state index contributed by atoms with van der Waals surface area (Å²) >= 11 is 7.16. The van der Waals surface area contributed by atoms with Crippen LogP contribution in [-0.2, 0) is 0 Å². The van der Waals surface area contributed by atoms with Crippen LogP contribution in [0.5, 0.6) is 0 Å². The van der Waals surface area contributed by atoms with Crippen molar-refractivity contribution in [3.8, 4) is 10.6 Å². The molecule has 4 rings (SSSR count). The fourth-order valence-electron chi connectivity index (χ4n) is 2.34. The van der Waals surface area contributed by atoms with Crippen LogP contribution in [0.3, 0.4) is 0 Å². The van der Waals surface area contributed by atoms with Crippen LogP contribution < -0.4 is 11.1 Å². The average Bonchev–Trinajstić information content (AvgIpc) is 3.03. The van der Waals surface area contributed by atoms with Gasteiger partial charge in [-0.3, -0.25) is 0 Å². The Hall–Kier alpha value is -2.62. The van der Waals surface area contributed by atoms with Gasteiger partial charge in [-0.2, -0.15) is 0 Å². The van der Waals surface area contributed by atoms with Crippen molar-refractivity contribution in [2.75, 3.05) is 11.1 Å². The Kier molecular flexibility index (Phi) is 5.36. The van der Waals surface area contributed by atoms with E-state index in [-0.39, 0.29) is 39.3 Å². The van der Waals surface area contributed by atoms with Crippen molar-refractivity contribution in [1.82, 2.24) is 19.9 Å². The first kappa shape index (κ1) is 19.2. The molecule has 3 N–H and O–H groups in total. The van der Waals surface area contributed by atoms with Crippen molar-refractivity contribution in [2.24, 2.45) is 0 Å². The summed E-state index contributed by atoms with van der Waals surface area (Å²) in [5.74, 6) is -0.192. The SMILES string of the molecule is Cl.Nc1cc(Nc2ncc(F)c3nc(-c4c(F)cccc4Cl)sc23)ncn1. The van der Waals surface area contributed by atoms with Crippen LogP contribution in [0, 0.1) is 11.6 Å². The van der Waals surface area contributed by atoms with Crippen LogP contribution in [0.1, 0.15) is 0 Å². The second-order valence-corrected chi connectivity index (χ2v) is 6.61. The van der Waals surface area contributed by atoms with Gasteiger partial charge in [-0.25, -0.2) is 28.7 Å². The molecule has 0 unspecified atom stereocenters. The largest absolute Gasteiger partial charge is 0.384 e. The van der Waals surface area contributed by atoms with Crippen molar-refractivity contribution in [3.63, 3.8) is 0 Å². The van der Waals surface area contributed by atoms with E-state index in [1.165, 1.54) is 24.5 Å². The molecule has 3 aromatic heterocycles. The first-order valence-corrected chi connectivity index (χ1v) is 8.46. The molecule has 4 aromatic rings. The van der Waals surface area contributed by atoms with E-state index in [9.17, 15) is 8.78 Å². The lowest BCUT2D eigenvalue weighted by Gasteiger charge is -2.05. The molecule has 3 heterocycles. The highest BCUT2D eigenvalue weighted by Gasteiger charge is 2.19. The molecule has 0 amide bonds. The molecule has 0 aliphatic rings. The van der Waals surface area contributed by atoms with E-state index >= 15 is 0 Å². The lowest BCUT2D eigenvalue weighted by atomic mass is 10.2. The Labute approximate surface area is 166 Å². The highest BCUT2D eigenvalue weighted by atomic mass is 35.5. The van der Waals surface area contributed by atoms with Gasteiger partial charge < -0.3 is 11.1 Å². The van der Waals surface area contributed by atoms with Gasteiger partial charge in [-0.05, 0) is 12.1 Å². The van der Waals surface area contributed by atoms with Crippen molar-refractivity contribution >= 4 is 63.0 Å². The number of hydrogen-bond acceptors (Lipinski definition) is 7. The lowest BCUT2D eigenvalue weighted by molar-refractivity contribution is 0.629. The smallest absolute Gasteiger partial charge is 0.168 e. The normalized spacial score (nSPS) is 10.6. The summed E-state index contributed by atoms with van der Waals surface area (Å²) in [5.41, 5.74) is 5.80. The molecule has 0 saturated carbocycles. The number of halogens is 4. The third-order valence-corrected chi connectivity index (χ3v) is 4.88. The van der Waals surface area contributed by atoms with E-state index < -0.39 is 11.6 Å². The van der Waals surface area contributed by atoms with Crippen molar-refractivity contribution < 1.29 is 8.78 Å². The van der Waals surface area contributed by atoms with E-state index in [2.05, 4.69) is 25.3 Å². The van der Waals surface area contributed by atoms with Gasteiger partial charge in [0.2, 0.25) is 0 Å². The van der Waals surface area contributed by atoms with Gasteiger partial charge in [0.05, 0.1) is 16.8 Å². The zero-order chi connectivity index (χ0) is 18.3. The maximum absolute atomic E-state index is 14.2. The molecule has 138 valence electrons. The molecule has 0 bridgehead atoms. The number of anilines is 3. The van der Waals surface area contributed by atoms with E-state index in [1.807, 2.05) is 0 Å². The molecule has 0 spiro atoms. The number of pyridine rings is 1. The molecule has 0 atom stereocenters. The highest BCUT2D eigenvalue weighted by molar-refractivity contribution is 7.22. The summed E-state index contributed by atoms with van der Waals surface area (Å²) in [7, 11) is 0. The zero-order valence-electron chi connectivity index (χ0n) is 13.3. The van der Waals surface area contributed by atoms with Gasteiger partial charge in [0.25, 0.3) is 0 Å². The van der Waals surface area contributed by atoms with E-state index in [1.54, 1.807) is 6.07 Å². The number of benzene rings is 1. The molecular weight excluding hydrogens is 417 g/mol. The van der Waals surface area contributed by atoms with Gasteiger partial charge in [0.1, 0.15) is 39.0 Å². The lowest BCUT2D eigenvalue weighted by Crippen LogP contribution is -1.99. The number of hydrogen-bond donors (Lipinski definition) is 2. The van der Waals surface area contributed by atoms with E-state index in [0.717, 1.165) is 17.5 Å². The van der Waals surface area contributed by atoms with Crippen molar-refractivity contribution in [2.45, 2.75) is 0 Å². The average molecular weight is 427 g/mol. The molecule has 0 aliphatic carbocycles. The molecule has 0 fully saturated rings. The second-order valence-electron chi connectivity index (χ2n) is 5.20. The Morgan fingerprint density at radius 3 is 2.67 bits per heavy atom. The summed E-state index contributed by atoms with van der Waals surface area (Å²) in [6.45, 7) is 0. The fourth-order valence-corrected chi connectivity index (χ4v) is 3.73. The summed E-state index contributed by atoms with van der Waals surface area (Å²) in [6, 6.07) is 5.81. The number of thiazole rings is 1. The van der Waals surface area contributed by atoms with Gasteiger partial charge in [0, 0.05) is 6.07 Å². The van der Waals surface area contributed by atoms with E-state index in [0.29, 0.717) is 16.3 Å². The quantitative estimate of drug-likeness (QED) is 0.487. The van der Waals surface area contributed by atoms with Gasteiger partial charge in [-0.15, -0.1) is 23.7 Å². The molecule has 6 nitrogen and oxygen atoms in total. The summed E-state index contributed by atoms with van der Waals surface area (Å²) in [6.07, 6.45) is 2.32. The Morgan fingerprint density at radius 2 is 1.93 bits per heavy atom. The minimum Gasteiger partial charge on any atom is -0.384 e. The van der Waals surface area contributed by atoms with Crippen LogP contribution in [0.25, 0.3) is 20.8 Å². The van der Waals surface area contributed by atoms with Crippen LogP contribution in [-0.4, -0.2) is 19.9 Å². The second kappa shape index (κ2) is 7.55. The Balaban J connectivity index is 0.00000210. The fraction of sp³-hybridized carbons (Fsp3) is 0. The number of nitrogens with one attached hydrogen (secondary N) is 1. The zero-order valence-corrected chi connectivity index (χ0v) is 15.7. The standard InChI is InChI=1S/C16H9ClF2N6S.ClH/c17-7-2-1-3-8(18)12(7)16-25-13-9(19)5-21-15(14(13)26-16)24-11-4-10(20)22-6-23-11;/h1-6H,(H3,20,21,22,23,24);1H. The van der Waals surface area contributed by atoms with Gasteiger partial charge >= 0.3 is 0 Å². The number of rotatable bonds is 3. The minimum absolute atomic E-state index is 0. The van der Waals surface area contributed by atoms with Crippen LogP contribution in [0.15, 0.2) is 36.8 Å². The maximum Gasteiger partial charge on any atom is 0.168 e. The molecule has 1 aromatic carbocycles. The first-order valence-electron chi connectivity index (χ1n) is 7.27. The summed E-state index contributed by atoms with van der Waals surface area (Å²) in [4.78, 5) is 16.1. The molecule has 0 aliphatic heterocycles. The Bertz CT molecular complexity index is 1120. The summed E-state index contributed by atoms with van der Waals surface area (Å²) < 4.78 is 28.8. The third kappa shape index (κ3) is 3.61. The highest BCUT2D eigenvalue weighted by Crippen LogP contribution is 2.39. The maximum atomic E-state index is 14.2.